The second-order valence-corrected chi connectivity index (χ2v) is 5.74. The van der Waals surface area contributed by atoms with E-state index in [2.05, 4.69) is 10.4 Å². The van der Waals surface area contributed by atoms with Crippen LogP contribution in [0.2, 0.25) is 0 Å². The molecule has 0 spiro atoms. The van der Waals surface area contributed by atoms with Gasteiger partial charge in [0.25, 0.3) is 11.5 Å². The predicted octanol–water partition coefficient (Wildman–Crippen LogP) is 1.88. The lowest BCUT2D eigenvalue weighted by Crippen LogP contribution is -2.31. The van der Waals surface area contributed by atoms with Crippen molar-refractivity contribution >= 4 is 23.3 Å². The molecular weight excluding hydrogens is 375 g/mol. The number of carbonyl (C=O) groups excluding carboxylic acids is 2. The van der Waals surface area contributed by atoms with Crippen LogP contribution in [0.4, 0.5) is 15.8 Å². The Labute approximate surface area is 158 Å². The van der Waals surface area contributed by atoms with Gasteiger partial charge >= 0.3 is 11.7 Å². The molecule has 1 aromatic heterocycles. The average molecular weight is 392 g/mol. The summed E-state index contributed by atoms with van der Waals surface area (Å²) >= 11 is 0. The van der Waals surface area contributed by atoms with Crippen LogP contribution in [-0.2, 0) is 16.1 Å². The summed E-state index contributed by atoms with van der Waals surface area (Å²) in [5, 5.41) is 16.9. The molecule has 2 rings (SSSR count). The van der Waals surface area contributed by atoms with E-state index in [0.717, 1.165) is 22.9 Å². The number of nitro groups is 1. The first-order valence-corrected chi connectivity index (χ1v) is 8.27. The maximum Gasteiger partial charge on any atom is 0.359 e. The first-order chi connectivity index (χ1) is 13.2. The predicted molar refractivity (Wildman–Crippen MR) is 95.3 cm³/mol. The van der Waals surface area contributed by atoms with Gasteiger partial charge in [-0.2, -0.15) is 9.49 Å². The topological polar surface area (TPSA) is 133 Å². The normalized spacial score (nSPS) is 11.5. The molecule has 0 aliphatic carbocycles. The van der Waals surface area contributed by atoms with Gasteiger partial charge in [-0.3, -0.25) is 19.7 Å². The maximum absolute atomic E-state index is 13.3. The Bertz CT molecular complexity index is 974. The van der Waals surface area contributed by atoms with Gasteiger partial charge in [0.05, 0.1) is 4.92 Å². The van der Waals surface area contributed by atoms with Gasteiger partial charge in [0.1, 0.15) is 0 Å². The van der Waals surface area contributed by atoms with Crippen molar-refractivity contribution in [2.75, 3.05) is 5.32 Å². The number of aromatic nitrogens is 2. The molecule has 1 atom stereocenters. The molecule has 10 nitrogen and oxygen atoms in total. The molecular formula is C17H17FN4O6. The van der Waals surface area contributed by atoms with E-state index < -0.39 is 34.4 Å². The number of hydrogen-bond donors (Lipinski definition) is 1. The first-order valence-electron chi connectivity index (χ1n) is 8.27. The molecule has 11 heteroatoms. The Morgan fingerprint density at radius 1 is 1.36 bits per heavy atom. The van der Waals surface area contributed by atoms with Crippen LogP contribution in [0.15, 0.2) is 35.1 Å². The third-order valence-electron chi connectivity index (χ3n) is 3.57. The summed E-state index contributed by atoms with van der Waals surface area (Å²) < 4.78 is 19.5. The van der Waals surface area contributed by atoms with Crippen molar-refractivity contribution in [3.63, 3.8) is 0 Å². The number of esters is 1. The molecule has 0 fully saturated rings. The minimum absolute atomic E-state index is 0.0318. The van der Waals surface area contributed by atoms with Crippen LogP contribution in [-0.4, -0.2) is 32.7 Å². The Balaban J connectivity index is 2.07. The van der Waals surface area contributed by atoms with E-state index in [0.29, 0.717) is 13.0 Å². The summed E-state index contributed by atoms with van der Waals surface area (Å²) in [5.41, 5.74) is -1.35. The molecule has 0 aliphatic rings. The number of benzene rings is 1. The molecule has 0 aliphatic heterocycles. The van der Waals surface area contributed by atoms with Gasteiger partial charge in [-0.05, 0) is 31.5 Å². The zero-order chi connectivity index (χ0) is 20.8. The van der Waals surface area contributed by atoms with Crippen molar-refractivity contribution in [2.24, 2.45) is 0 Å². The van der Waals surface area contributed by atoms with E-state index >= 15 is 0 Å². The van der Waals surface area contributed by atoms with Crippen molar-refractivity contribution in [3.05, 3.63) is 62.3 Å². The number of hydrogen-bond acceptors (Lipinski definition) is 7. The van der Waals surface area contributed by atoms with Crippen LogP contribution < -0.4 is 10.9 Å². The number of halogens is 1. The quantitative estimate of drug-likeness (QED) is 0.432. The summed E-state index contributed by atoms with van der Waals surface area (Å²) in [7, 11) is 0. The third-order valence-corrected chi connectivity index (χ3v) is 3.57. The fourth-order valence-electron chi connectivity index (χ4n) is 2.18. The van der Waals surface area contributed by atoms with Crippen molar-refractivity contribution < 1.29 is 23.6 Å². The summed E-state index contributed by atoms with van der Waals surface area (Å²) in [6.45, 7) is 3.44. The third kappa shape index (κ3) is 4.96. The first kappa shape index (κ1) is 20.7. The number of aryl methyl sites for hydroxylation is 1. The molecule has 0 saturated heterocycles. The molecule has 1 aromatic carbocycles. The van der Waals surface area contributed by atoms with Crippen molar-refractivity contribution in [2.45, 2.75) is 32.9 Å². The van der Waals surface area contributed by atoms with Crippen molar-refractivity contribution in [1.82, 2.24) is 9.78 Å². The smallest absolute Gasteiger partial charge is 0.359 e. The van der Waals surface area contributed by atoms with Crippen LogP contribution in [0.5, 0.6) is 0 Å². The number of carbonyl (C=O) groups is 2. The lowest BCUT2D eigenvalue weighted by Gasteiger charge is -2.13. The highest BCUT2D eigenvalue weighted by molar-refractivity contribution is 5.96. The Morgan fingerprint density at radius 3 is 2.71 bits per heavy atom. The molecule has 2 aromatic rings. The summed E-state index contributed by atoms with van der Waals surface area (Å²) in [6.07, 6.45) is -0.640. The van der Waals surface area contributed by atoms with Gasteiger partial charge in [0.2, 0.25) is 5.82 Å². The lowest BCUT2D eigenvalue weighted by atomic mass is 10.2. The Hall–Kier alpha value is -3.63. The molecule has 0 bridgehead atoms. The van der Waals surface area contributed by atoms with Crippen LogP contribution in [0.25, 0.3) is 0 Å². The van der Waals surface area contributed by atoms with E-state index in [4.69, 9.17) is 4.74 Å². The molecule has 148 valence electrons. The Kier molecular flexibility index (Phi) is 6.53. The van der Waals surface area contributed by atoms with E-state index in [-0.39, 0.29) is 16.9 Å². The number of nitrogens with zero attached hydrogens (tertiary/aromatic N) is 3. The second-order valence-electron chi connectivity index (χ2n) is 5.74. The largest absolute Gasteiger partial charge is 0.448 e. The standard InChI is InChI=1S/C17H17FN4O6/c1-3-8-21-15(23)7-6-13(20-21)17(25)28-10(2)16(24)19-11-4-5-12(18)14(9-11)22(26)27/h4-7,9-10H,3,8H2,1-2H3,(H,19,24)/t10-/m0/s1. The Morgan fingerprint density at radius 2 is 2.07 bits per heavy atom. The van der Waals surface area contributed by atoms with E-state index in [1.54, 1.807) is 0 Å². The number of anilines is 1. The molecule has 0 radical (unpaired) electrons. The van der Waals surface area contributed by atoms with Gasteiger partial charge in [-0.15, -0.1) is 0 Å². The SMILES string of the molecule is CCCn1nc(C(=O)O[C@@H](C)C(=O)Nc2ccc(F)c([N+](=O)[O-])c2)ccc1=O. The lowest BCUT2D eigenvalue weighted by molar-refractivity contribution is -0.387. The molecule has 1 N–H and O–H groups in total. The fraction of sp³-hybridized carbons (Fsp3) is 0.294. The van der Waals surface area contributed by atoms with Crippen LogP contribution >= 0.6 is 0 Å². The van der Waals surface area contributed by atoms with Gasteiger partial charge in [0, 0.05) is 24.4 Å². The summed E-state index contributed by atoms with van der Waals surface area (Å²) in [5.74, 6) is -2.75. The van der Waals surface area contributed by atoms with Crippen LogP contribution in [0.3, 0.4) is 0 Å². The van der Waals surface area contributed by atoms with Gasteiger partial charge in [-0.1, -0.05) is 6.92 Å². The molecule has 1 amide bonds. The average Bonchev–Trinajstić information content (AvgIpc) is 2.64. The van der Waals surface area contributed by atoms with Crippen LogP contribution in [0, 0.1) is 15.9 Å². The minimum atomic E-state index is -1.27. The highest BCUT2D eigenvalue weighted by Gasteiger charge is 2.22. The van der Waals surface area contributed by atoms with Gasteiger partial charge < -0.3 is 10.1 Å². The molecule has 0 unspecified atom stereocenters. The van der Waals surface area contributed by atoms with E-state index in [1.165, 1.54) is 19.1 Å². The highest BCUT2D eigenvalue weighted by Crippen LogP contribution is 2.21. The molecule has 1 heterocycles. The molecule has 0 saturated carbocycles. The van der Waals surface area contributed by atoms with Crippen molar-refractivity contribution in [1.29, 1.82) is 0 Å². The zero-order valence-corrected chi connectivity index (χ0v) is 15.0. The molecule has 28 heavy (non-hydrogen) atoms. The monoisotopic (exact) mass is 392 g/mol. The number of amides is 1. The van der Waals surface area contributed by atoms with Gasteiger partial charge in [-0.25, -0.2) is 9.48 Å². The number of nitro benzene ring substituents is 1. The maximum atomic E-state index is 13.3. The fourth-order valence-corrected chi connectivity index (χ4v) is 2.18. The summed E-state index contributed by atoms with van der Waals surface area (Å²) in [4.78, 5) is 45.7. The number of nitrogens with one attached hydrogen (secondary N) is 1. The number of rotatable bonds is 7. The minimum Gasteiger partial charge on any atom is -0.448 e. The van der Waals surface area contributed by atoms with E-state index in [9.17, 15) is 28.9 Å². The number of ether oxygens (including phenoxy) is 1. The highest BCUT2D eigenvalue weighted by atomic mass is 19.1. The van der Waals surface area contributed by atoms with E-state index in [1.807, 2.05) is 6.92 Å². The van der Waals surface area contributed by atoms with Crippen LogP contribution in [0.1, 0.15) is 30.8 Å². The second kappa shape index (κ2) is 8.84. The summed E-state index contributed by atoms with van der Waals surface area (Å²) in [6, 6.07) is 5.18. The van der Waals surface area contributed by atoms with Crippen molar-refractivity contribution in [3.8, 4) is 0 Å². The zero-order valence-electron chi connectivity index (χ0n) is 15.0. The van der Waals surface area contributed by atoms with Gasteiger partial charge in [0.15, 0.2) is 11.8 Å².